The second kappa shape index (κ2) is 7.38. The Bertz CT molecular complexity index is 601. The maximum atomic E-state index is 12.3. The van der Waals surface area contributed by atoms with Crippen molar-refractivity contribution in [3.8, 4) is 0 Å². The van der Waals surface area contributed by atoms with Crippen LogP contribution in [0.15, 0.2) is 36.9 Å². The molecule has 7 heteroatoms. The molecule has 1 N–H and O–H groups in total. The van der Waals surface area contributed by atoms with Crippen molar-refractivity contribution >= 4 is 17.5 Å². The summed E-state index contributed by atoms with van der Waals surface area (Å²) in [5.74, 6) is -0.144. The molecule has 3 unspecified atom stereocenters. The van der Waals surface area contributed by atoms with Crippen LogP contribution in [0.5, 0.6) is 0 Å². The summed E-state index contributed by atoms with van der Waals surface area (Å²) in [6.07, 6.45) is 2.66. The number of benzene rings is 1. The molecule has 0 aliphatic heterocycles. The molecule has 0 radical (unpaired) electrons. The van der Waals surface area contributed by atoms with Crippen molar-refractivity contribution in [1.82, 2.24) is 20.1 Å². The highest BCUT2D eigenvalue weighted by molar-refractivity contribution is 6.30. The number of hydrogen-bond acceptors (Lipinski definition) is 4. The van der Waals surface area contributed by atoms with Crippen LogP contribution in [0.4, 0.5) is 0 Å². The minimum Gasteiger partial charge on any atom is -0.375 e. The Morgan fingerprint density at radius 1 is 1.32 bits per heavy atom. The van der Waals surface area contributed by atoms with Gasteiger partial charge in [0.05, 0.1) is 6.04 Å². The molecule has 2 rings (SSSR count). The van der Waals surface area contributed by atoms with Crippen molar-refractivity contribution in [3.05, 3.63) is 47.5 Å². The number of nitrogens with one attached hydrogen (secondary N) is 1. The molecule has 0 aliphatic carbocycles. The quantitative estimate of drug-likeness (QED) is 0.886. The molecule has 1 aromatic carbocycles. The van der Waals surface area contributed by atoms with Gasteiger partial charge < -0.3 is 10.1 Å². The fraction of sp³-hybridized carbons (Fsp3) is 0.400. The van der Waals surface area contributed by atoms with Crippen LogP contribution in [0.25, 0.3) is 0 Å². The summed E-state index contributed by atoms with van der Waals surface area (Å²) < 4.78 is 7.02. The van der Waals surface area contributed by atoms with Crippen molar-refractivity contribution in [1.29, 1.82) is 0 Å². The lowest BCUT2D eigenvalue weighted by Gasteiger charge is -2.25. The van der Waals surface area contributed by atoms with Crippen molar-refractivity contribution in [3.63, 3.8) is 0 Å². The van der Waals surface area contributed by atoms with Gasteiger partial charge in [0.25, 0.3) is 0 Å². The fourth-order valence-electron chi connectivity index (χ4n) is 2.24. The third kappa shape index (κ3) is 3.84. The number of amides is 1. The van der Waals surface area contributed by atoms with E-state index in [1.54, 1.807) is 26.2 Å². The second-order valence-electron chi connectivity index (χ2n) is 5.06. The van der Waals surface area contributed by atoms with E-state index in [0.717, 1.165) is 5.56 Å². The lowest BCUT2D eigenvalue weighted by atomic mass is 10.0. The van der Waals surface area contributed by atoms with E-state index in [1.165, 1.54) is 17.3 Å². The summed E-state index contributed by atoms with van der Waals surface area (Å²) in [7, 11) is 1.61. The van der Waals surface area contributed by atoms with E-state index >= 15 is 0 Å². The number of ether oxygens (including phenoxy) is 1. The molecule has 0 bridgehead atoms. The van der Waals surface area contributed by atoms with Gasteiger partial charge in [-0.05, 0) is 31.5 Å². The number of halogens is 1. The Labute approximate surface area is 134 Å². The summed E-state index contributed by atoms with van der Waals surface area (Å²) in [5, 5.41) is 7.58. The number of hydrogen-bond donors (Lipinski definition) is 1. The first-order valence-corrected chi connectivity index (χ1v) is 7.33. The van der Waals surface area contributed by atoms with Gasteiger partial charge in [-0.25, -0.2) is 9.67 Å². The molecule has 0 saturated carbocycles. The number of aromatic nitrogens is 3. The number of carbonyl (C=O) groups excluding carboxylic acids is 1. The summed E-state index contributed by atoms with van der Waals surface area (Å²) in [4.78, 5) is 16.1. The van der Waals surface area contributed by atoms with Gasteiger partial charge in [-0.2, -0.15) is 5.10 Å². The number of carbonyl (C=O) groups is 1. The Kier molecular flexibility index (Phi) is 5.51. The van der Waals surface area contributed by atoms with Crippen molar-refractivity contribution in [2.45, 2.75) is 32.0 Å². The minimum atomic E-state index is -0.437. The molecule has 3 atom stereocenters. The molecule has 0 aliphatic rings. The van der Waals surface area contributed by atoms with Gasteiger partial charge in [-0.1, -0.05) is 23.7 Å². The van der Waals surface area contributed by atoms with Crippen molar-refractivity contribution in [2.24, 2.45) is 0 Å². The maximum Gasteiger partial charge on any atom is 0.244 e. The number of rotatable bonds is 6. The van der Waals surface area contributed by atoms with E-state index in [-0.39, 0.29) is 18.1 Å². The number of methoxy groups -OCH3 is 1. The van der Waals surface area contributed by atoms with Gasteiger partial charge in [0, 0.05) is 12.1 Å². The monoisotopic (exact) mass is 322 g/mol. The maximum absolute atomic E-state index is 12.3. The van der Waals surface area contributed by atoms with E-state index in [1.807, 2.05) is 19.1 Å². The first-order valence-electron chi connectivity index (χ1n) is 6.95. The van der Waals surface area contributed by atoms with E-state index in [9.17, 15) is 4.79 Å². The molecule has 1 aromatic heterocycles. The van der Waals surface area contributed by atoms with Gasteiger partial charge in [0.15, 0.2) is 0 Å². The van der Waals surface area contributed by atoms with Crippen LogP contribution < -0.4 is 5.32 Å². The zero-order valence-electron chi connectivity index (χ0n) is 12.7. The zero-order chi connectivity index (χ0) is 16.1. The lowest BCUT2D eigenvalue weighted by molar-refractivity contribution is -0.125. The molecule has 0 fully saturated rings. The molecule has 2 aromatic rings. The van der Waals surface area contributed by atoms with Crippen molar-refractivity contribution < 1.29 is 9.53 Å². The molecular weight excluding hydrogens is 304 g/mol. The molecular formula is C15H19ClN4O2. The predicted octanol–water partition coefficient (Wildman–Crippen LogP) is 2.38. The van der Waals surface area contributed by atoms with Crippen molar-refractivity contribution in [2.75, 3.05) is 7.11 Å². The first-order chi connectivity index (χ1) is 10.5. The van der Waals surface area contributed by atoms with Crippen LogP contribution in [-0.2, 0) is 9.53 Å². The summed E-state index contributed by atoms with van der Waals surface area (Å²) in [5.41, 5.74) is 0.952. The van der Waals surface area contributed by atoms with Crippen LogP contribution in [-0.4, -0.2) is 33.8 Å². The molecule has 1 heterocycles. The van der Waals surface area contributed by atoms with Gasteiger partial charge in [-0.15, -0.1) is 0 Å². The highest BCUT2D eigenvalue weighted by atomic mass is 35.5. The van der Waals surface area contributed by atoms with Crippen LogP contribution in [0, 0.1) is 0 Å². The average molecular weight is 323 g/mol. The van der Waals surface area contributed by atoms with E-state index in [4.69, 9.17) is 16.3 Å². The number of nitrogens with zero attached hydrogens (tertiary/aromatic N) is 3. The Hall–Kier alpha value is -1.92. The van der Waals surface area contributed by atoms with Gasteiger partial charge in [0.2, 0.25) is 5.91 Å². The smallest absolute Gasteiger partial charge is 0.244 e. The van der Waals surface area contributed by atoms with Gasteiger partial charge in [-0.3, -0.25) is 4.79 Å². The summed E-state index contributed by atoms with van der Waals surface area (Å²) in [6, 6.07) is 6.74. The minimum absolute atomic E-state index is 0.144. The van der Waals surface area contributed by atoms with Crippen LogP contribution in [0.3, 0.4) is 0 Å². The Balaban J connectivity index is 2.04. The summed E-state index contributed by atoms with van der Waals surface area (Å²) >= 11 is 5.90. The highest BCUT2D eigenvalue weighted by Gasteiger charge is 2.24. The van der Waals surface area contributed by atoms with Crippen LogP contribution in [0.1, 0.15) is 31.6 Å². The largest absolute Gasteiger partial charge is 0.375 e. The van der Waals surface area contributed by atoms with E-state index < -0.39 is 6.04 Å². The topological polar surface area (TPSA) is 69.0 Å². The molecule has 6 nitrogen and oxygen atoms in total. The highest BCUT2D eigenvalue weighted by Crippen LogP contribution is 2.22. The Morgan fingerprint density at radius 3 is 2.55 bits per heavy atom. The third-order valence-electron chi connectivity index (χ3n) is 3.49. The average Bonchev–Trinajstić information content (AvgIpc) is 3.03. The Morgan fingerprint density at radius 2 is 2.00 bits per heavy atom. The van der Waals surface area contributed by atoms with Crippen LogP contribution in [0.2, 0.25) is 5.02 Å². The molecule has 1 amide bonds. The standard InChI is InChI=1S/C15H19ClN4O2/c1-10(14(22-3)12-4-6-13(16)7-5-12)19-15(21)11(2)20-9-17-8-18-20/h4-11,14H,1-3H3,(H,19,21). The zero-order valence-corrected chi connectivity index (χ0v) is 13.5. The second-order valence-corrected chi connectivity index (χ2v) is 5.49. The van der Waals surface area contributed by atoms with Crippen LogP contribution >= 0.6 is 11.6 Å². The lowest BCUT2D eigenvalue weighted by Crippen LogP contribution is -2.41. The fourth-order valence-corrected chi connectivity index (χ4v) is 2.37. The normalized spacial score (nSPS) is 15.1. The summed E-state index contributed by atoms with van der Waals surface area (Å²) in [6.45, 7) is 3.66. The van der Waals surface area contributed by atoms with Gasteiger partial charge >= 0.3 is 0 Å². The third-order valence-corrected chi connectivity index (χ3v) is 3.74. The SMILES string of the molecule is COC(c1ccc(Cl)cc1)C(C)NC(=O)C(C)n1cncn1. The first kappa shape index (κ1) is 16.5. The van der Waals surface area contributed by atoms with Gasteiger partial charge in [0.1, 0.15) is 24.8 Å². The molecule has 22 heavy (non-hydrogen) atoms. The molecule has 118 valence electrons. The van der Waals surface area contributed by atoms with E-state index in [2.05, 4.69) is 15.4 Å². The van der Waals surface area contributed by atoms with E-state index in [0.29, 0.717) is 5.02 Å². The molecule has 0 spiro atoms. The predicted molar refractivity (Wildman–Crippen MR) is 83.5 cm³/mol. The molecule has 0 saturated heterocycles.